The van der Waals surface area contributed by atoms with Crippen molar-refractivity contribution in [2.24, 2.45) is 0 Å². The number of rotatable bonds is 7. The van der Waals surface area contributed by atoms with Gasteiger partial charge in [0.25, 0.3) is 0 Å². The van der Waals surface area contributed by atoms with E-state index < -0.39 is 8.32 Å². The molecule has 2 rings (SSSR count). The molecule has 0 spiro atoms. The average Bonchev–Trinajstić information content (AvgIpc) is 2.78. The van der Waals surface area contributed by atoms with Gasteiger partial charge in [0, 0.05) is 23.2 Å². The zero-order valence-electron chi connectivity index (χ0n) is 15.9. The molecule has 128 valence electrons. The van der Waals surface area contributed by atoms with E-state index in [1.165, 1.54) is 22.2 Å². The Bertz CT molecular complexity index is 620. The van der Waals surface area contributed by atoms with Gasteiger partial charge in [0.15, 0.2) is 8.32 Å². The summed E-state index contributed by atoms with van der Waals surface area (Å²) < 4.78 is 6.72. The van der Waals surface area contributed by atoms with Crippen LogP contribution in [0.3, 0.4) is 0 Å². The van der Waals surface area contributed by atoms with Crippen LogP contribution in [0, 0.1) is 6.92 Å². The van der Waals surface area contributed by atoms with Gasteiger partial charge in [-0.3, -0.25) is 0 Å². The van der Waals surface area contributed by atoms with Gasteiger partial charge in [0.1, 0.15) is 0 Å². The largest absolute Gasteiger partial charge is 0.416 e. The predicted octanol–water partition coefficient (Wildman–Crippen LogP) is 6.21. The molecule has 1 heterocycles. The Hall–Kier alpha value is -1.06. The fraction of sp³-hybridized carbons (Fsp3) is 0.600. The van der Waals surface area contributed by atoms with Crippen LogP contribution in [0.4, 0.5) is 0 Å². The molecule has 0 atom stereocenters. The maximum absolute atomic E-state index is 6.72. The molecule has 0 radical (unpaired) electrons. The fourth-order valence-corrected chi connectivity index (χ4v) is 9.94. The molecule has 1 N–H and O–H groups in total. The number of nitrogens with one attached hydrogen (secondary N) is 1. The van der Waals surface area contributed by atoms with Gasteiger partial charge in [0.05, 0.1) is 0 Å². The first-order chi connectivity index (χ1) is 10.8. The summed E-state index contributed by atoms with van der Waals surface area (Å²) in [6.07, 6.45) is 0.997. The third kappa shape index (κ3) is 3.41. The summed E-state index contributed by atoms with van der Waals surface area (Å²) in [5.41, 5.74) is 5.87. The number of hydrogen-bond donors (Lipinski definition) is 1. The molecule has 0 aliphatic rings. The van der Waals surface area contributed by atoms with E-state index in [2.05, 4.69) is 77.7 Å². The normalized spacial score (nSPS) is 13.0. The number of aromatic amines is 1. The minimum Gasteiger partial charge on any atom is -0.416 e. The van der Waals surface area contributed by atoms with Gasteiger partial charge in [-0.05, 0) is 41.6 Å². The van der Waals surface area contributed by atoms with Crippen LogP contribution in [0.25, 0.3) is 10.9 Å². The Balaban J connectivity index is 2.17. The molecule has 1 aromatic heterocycles. The highest BCUT2D eigenvalue weighted by Crippen LogP contribution is 2.42. The highest BCUT2D eigenvalue weighted by molar-refractivity contribution is 6.77. The topological polar surface area (TPSA) is 25.0 Å². The maximum atomic E-state index is 6.72. The van der Waals surface area contributed by atoms with E-state index in [-0.39, 0.29) is 0 Å². The Morgan fingerprint density at radius 2 is 1.52 bits per heavy atom. The summed E-state index contributed by atoms with van der Waals surface area (Å²) in [4.78, 5) is 3.50. The molecule has 0 unspecified atom stereocenters. The summed E-state index contributed by atoms with van der Waals surface area (Å²) in [6, 6.07) is 8.58. The second-order valence-corrected chi connectivity index (χ2v) is 13.2. The second-order valence-electron chi connectivity index (χ2n) is 7.69. The standard InChI is InChI=1S/C20H33NOSi/c1-14(2)23(15(3)4,16(5)6)22-13-12-18-17(7)21-20-11-9-8-10-19(18)20/h8-11,14-16,21H,12-13H2,1-7H3. The van der Waals surface area contributed by atoms with Crippen molar-refractivity contribution in [3.63, 3.8) is 0 Å². The zero-order valence-corrected chi connectivity index (χ0v) is 16.9. The van der Waals surface area contributed by atoms with Gasteiger partial charge < -0.3 is 9.41 Å². The summed E-state index contributed by atoms with van der Waals surface area (Å²) >= 11 is 0. The van der Waals surface area contributed by atoms with Gasteiger partial charge in [-0.2, -0.15) is 0 Å². The monoisotopic (exact) mass is 331 g/mol. The van der Waals surface area contributed by atoms with E-state index in [1.54, 1.807) is 0 Å². The van der Waals surface area contributed by atoms with Crippen molar-refractivity contribution in [2.75, 3.05) is 6.61 Å². The Morgan fingerprint density at radius 3 is 2.09 bits per heavy atom. The number of aromatic nitrogens is 1. The first-order valence-electron chi connectivity index (χ1n) is 9.00. The van der Waals surface area contributed by atoms with Crippen LogP contribution in [0.1, 0.15) is 52.8 Å². The number of hydrogen-bond acceptors (Lipinski definition) is 1. The van der Waals surface area contributed by atoms with Crippen molar-refractivity contribution in [3.05, 3.63) is 35.5 Å². The average molecular weight is 332 g/mol. The van der Waals surface area contributed by atoms with E-state index in [0.29, 0.717) is 16.6 Å². The van der Waals surface area contributed by atoms with Crippen molar-refractivity contribution in [1.82, 2.24) is 4.98 Å². The van der Waals surface area contributed by atoms with E-state index >= 15 is 0 Å². The Kier molecular flexibility index (Phi) is 5.74. The highest BCUT2D eigenvalue weighted by atomic mass is 28.4. The molecule has 0 saturated heterocycles. The molecule has 0 aliphatic heterocycles. The predicted molar refractivity (Wildman–Crippen MR) is 104 cm³/mol. The molecule has 1 aromatic carbocycles. The van der Waals surface area contributed by atoms with Crippen LogP contribution in [-0.2, 0) is 10.8 Å². The van der Waals surface area contributed by atoms with Gasteiger partial charge in [0.2, 0.25) is 0 Å². The Labute approximate surface area is 142 Å². The molecule has 0 bridgehead atoms. The quantitative estimate of drug-likeness (QED) is 0.599. The number of H-pyrrole nitrogens is 1. The van der Waals surface area contributed by atoms with Crippen LogP contribution in [-0.4, -0.2) is 19.9 Å². The number of aryl methyl sites for hydroxylation is 1. The lowest BCUT2D eigenvalue weighted by Crippen LogP contribution is -2.48. The molecule has 23 heavy (non-hydrogen) atoms. The van der Waals surface area contributed by atoms with Crippen LogP contribution in [0.15, 0.2) is 24.3 Å². The van der Waals surface area contributed by atoms with Crippen molar-refractivity contribution in [3.8, 4) is 0 Å². The highest BCUT2D eigenvalue weighted by Gasteiger charge is 2.44. The van der Waals surface area contributed by atoms with Crippen molar-refractivity contribution < 1.29 is 4.43 Å². The smallest absolute Gasteiger partial charge is 0.200 e. The van der Waals surface area contributed by atoms with Gasteiger partial charge in [-0.15, -0.1) is 0 Å². The number of benzene rings is 1. The van der Waals surface area contributed by atoms with Gasteiger partial charge in [-0.25, -0.2) is 0 Å². The van der Waals surface area contributed by atoms with E-state index in [0.717, 1.165) is 13.0 Å². The molecule has 0 aliphatic carbocycles. The lowest BCUT2D eigenvalue weighted by molar-refractivity contribution is 0.281. The van der Waals surface area contributed by atoms with Crippen LogP contribution >= 0.6 is 0 Å². The Morgan fingerprint density at radius 1 is 0.957 bits per heavy atom. The molecule has 3 heteroatoms. The van der Waals surface area contributed by atoms with Gasteiger partial charge in [-0.1, -0.05) is 59.7 Å². The van der Waals surface area contributed by atoms with Crippen LogP contribution in [0.5, 0.6) is 0 Å². The molecule has 2 aromatic rings. The van der Waals surface area contributed by atoms with Crippen molar-refractivity contribution in [1.29, 1.82) is 0 Å². The zero-order chi connectivity index (χ0) is 17.2. The summed E-state index contributed by atoms with van der Waals surface area (Å²) in [5, 5.41) is 1.35. The van der Waals surface area contributed by atoms with Crippen molar-refractivity contribution >= 4 is 19.2 Å². The van der Waals surface area contributed by atoms with Crippen LogP contribution in [0.2, 0.25) is 16.6 Å². The minimum atomic E-state index is -1.76. The molecular weight excluding hydrogens is 298 g/mol. The maximum Gasteiger partial charge on any atom is 0.200 e. The second kappa shape index (κ2) is 7.23. The lowest BCUT2D eigenvalue weighted by atomic mass is 10.1. The third-order valence-electron chi connectivity index (χ3n) is 5.44. The minimum absolute atomic E-state index is 0.645. The van der Waals surface area contributed by atoms with Gasteiger partial charge >= 0.3 is 0 Å². The summed E-state index contributed by atoms with van der Waals surface area (Å²) in [6.45, 7) is 17.1. The summed E-state index contributed by atoms with van der Waals surface area (Å²) in [5.74, 6) is 0. The fourth-order valence-electron chi connectivity index (χ4n) is 4.49. The summed E-state index contributed by atoms with van der Waals surface area (Å²) in [7, 11) is -1.76. The molecule has 0 amide bonds. The SMILES string of the molecule is Cc1[nH]c2ccccc2c1CCO[Si](C(C)C)(C(C)C)C(C)C. The van der Waals surface area contributed by atoms with Crippen molar-refractivity contribution in [2.45, 2.75) is 71.5 Å². The van der Waals surface area contributed by atoms with E-state index in [4.69, 9.17) is 4.43 Å². The van der Waals surface area contributed by atoms with E-state index in [1.807, 2.05) is 0 Å². The molecule has 2 nitrogen and oxygen atoms in total. The molecular formula is C20H33NOSi. The molecule has 0 fully saturated rings. The van der Waals surface area contributed by atoms with E-state index in [9.17, 15) is 0 Å². The number of para-hydroxylation sites is 1. The first kappa shape index (κ1) is 18.3. The van der Waals surface area contributed by atoms with Crippen LogP contribution < -0.4 is 0 Å². The molecule has 0 saturated carbocycles. The first-order valence-corrected chi connectivity index (χ1v) is 11.1. The lowest BCUT2D eigenvalue weighted by Gasteiger charge is -2.42. The number of fused-ring (bicyclic) bond motifs is 1. The third-order valence-corrected chi connectivity index (χ3v) is 11.6.